The highest BCUT2D eigenvalue weighted by Crippen LogP contribution is 2.42. The van der Waals surface area contributed by atoms with Gasteiger partial charge < -0.3 is 14.6 Å². The molecule has 6 nitrogen and oxygen atoms in total. The lowest BCUT2D eigenvalue weighted by atomic mass is 9.78. The van der Waals surface area contributed by atoms with Crippen LogP contribution < -0.4 is 4.74 Å². The summed E-state index contributed by atoms with van der Waals surface area (Å²) < 4.78 is 9.38. The second kappa shape index (κ2) is 6.63. The van der Waals surface area contributed by atoms with E-state index in [1.54, 1.807) is 0 Å². The van der Waals surface area contributed by atoms with E-state index in [0.717, 1.165) is 28.0 Å². The van der Waals surface area contributed by atoms with Crippen LogP contribution in [0.4, 0.5) is 4.79 Å². The predicted molar refractivity (Wildman–Crippen MR) is 97.4 cm³/mol. The Hall–Kier alpha value is -2.15. The number of aromatic hydroxyl groups is 1. The molecule has 136 valence electrons. The van der Waals surface area contributed by atoms with Gasteiger partial charge in [-0.25, -0.2) is 4.79 Å². The normalized spacial score (nSPS) is 12.1. The van der Waals surface area contributed by atoms with Gasteiger partial charge in [0.1, 0.15) is 5.75 Å². The first-order chi connectivity index (χ1) is 11.4. The molecule has 1 aromatic heterocycles. The van der Waals surface area contributed by atoms with E-state index in [-0.39, 0.29) is 16.0 Å². The molecule has 0 aliphatic heterocycles. The van der Waals surface area contributed by atoms with Gasteiger partial charge in [0.15, 0.2) is 5.01 Å². The van der Waals surface area contributed by atoms with Gasteiger partial charge in [-0.1, -0.05) is 58.0 Å². The number of ether oxygens (including phenoxy) is 2. The molecule has 2 rings (SSSR count). The fourth-order valence-electron chi connectivity index (χ4n) is 2.38. The standard InChI is InChI=1S/C18H24N2O4S/c1-17(2,3)11-8-10(9-12(13(11)21)18(4,5)6)14-19-20-15(25-14)24-16(22)23-7/h8-9,21H,1-7H3. The Bertz CT molecular complexity index is 750. The Kier molecular flexibility index (Phi) is 5.09. The fraction of sp³-hybridized carbons (Fsp3) is 0.500. The molecule has 1 aromatic carbocycles. The van der Waals surface area contributed by atoms with Crippen LogP contribution in [0.1, 0.15) is 52.7 Å². The Morgan fingerprint density at radius 2 is 1.56 bits per heavy atom. The Morgan fingerprint density at radius 1 is 1.04 bits per heavy atom. The van der Waals surface area contributed by atoms with Crippen LogP contribution in [-0.2, 0) is 15.6 Å². The third-order valence-electron chi connectivity index (χ3n) is 3.72. The number of nitrogens with zero attached hydrogens (tertiary/aromatic N) is 2. The van der Waals surface area contributed by atoms with Crippen molar-refractivity contribution in [3.8, 4) is 21.5 Å². The molecular formula is C18H24N2O4S. The molecule has 0 saturated carbocycles. The maximum atomic E-state index is 11.2. The third-order valence-corrected chi connectivity index (χ3v) is 4.57. The van der Waals surface area contributed by atoms with Crippen LogP contribution in [0, 0.1) is 0 Å². The van der Waals surface area contributed by atoms with Crippen molar-refractivity contribution >= 4 is 17.5 Å². The zero-order chi connectivity index (χ0) is 19.0. The molecule has 7 heteroatoms. The monoisotopic (exact) mass is 364 g/mol. The molecule has 1 N–H and O–H groups in total. The summed E-state index contributed by atoms with van der Waals surface area (Å²) in [5.41, 5.74) is 2.01. The van der Waals surface area contributed by atoms with Crippen LogP contribution in [-0.4, -0.2) is 28.6 Å². The molecule has 0 saturated heterocycles. The molecule has 2 aromatic rings. The fourth-order valence-corrected chi connectivity index (χ4v) is 3.06. The van der Waals surface area contributed by atoms with Gasteiger partial charge in [-0.2, -0.15) is 0 Å². The Morgan fingerprint density at radius 3 is 2.00 bits per heavy atom. The zero-order valence-electron chi connectivity index (χ0n) is 15.6. The number of phenolic OH excluding ortho intramolecular Hbond substituents is 1. The number of carbonyl (C=O) groups excluding carboxylic acids is 1. The van der Waals surface area contributed by atoms with Gasteiger partial charge in [0.05, 0.1) is 7.11 Å². The van der Waals surface area contributed by atoms with Crippen molar-refractivity contribution in [1.82, 2.24) is 10.2 Å². The smallest absolute Gasteiger partial charge is 0.507 e. The second-order valence-corrected chi connectivity index (χ2v) is 8.79. The summed E-state index contributed by atoms with van der Waals surface area (Å²) in [5, 5.41) is 19.5. The van der Waals surface area contributed by atoms with E-state index >= 15 is 0 Å². The summed E-state index contributed by atoms with van der Waals surface area (Å²) in [5.74, 6) is 0.305. The molecule has 0 amide bonds. The molecule has 0 radical (unpaired) electrons. The summed E-state index contributed by atoms with van der Waals surface area (Å²) in [6, 6.07) is 3.82. The van der Waals surface area contributed by atoms with Gasteiger partial charge in [0.25, 0.3) is 0 Å². The molecule has 0 bridgehead atoms. The topological polar surface area (TPSA) is 81.5 Å². The number of benzene rings is 1. The molecule has 0 fully saturated rings. The van der Waals surface area contributed by atoms with Crippen molar-refractivity contribution in [2.24, 2.45) is 0 Å². The van der Waals surface area contributed by atoms with Gasteiger partial charge in [-0.15, -0.1) is 5.10 Å². The first-order valence-corrected chi connectivity index (χ1v) is 8.73. The quantitative estimate of drug-likeness (QED) is 0.781. The molecule has 25 heavy (non-hydrogen) atoms. The van der Waals surface area contributed by atoms with Crippen LogP contribution in [0.5, 0.6) is 10.9 Å². The Balaban J connectivity index is 2.57. The molecular weight excluding hydrogens is 340 g/mol. The number of hydrogen-bond acceptors (Lipinski definition) is 7. The number of aromatic nitrogens is 2. The minimum absolute atomic E-state index is 0.115. The second-order valence-electron chi connectivity index (χ2n) is 7.85. The van der Waals surface area contributed by atoms with Crippen molar-refractivity contribution in [2.45, 2.75) is 52.4 Å². The lowest BCUT2D eigenvalue weighted by molar-refractivity contribution is 0.121. The van der Waals surface area contributed by atoms with Crippen LogP contribution in [0.2, 0.25) is 0 Å². The highest BCUT2D eigenvalue weighted by Gasteiger charge is 2.27. The number of carbonyl (C=O) groups is 1. The van der Waals surface area contributed by atoms with Gasteiger partial charge in [0.2, 0.25) is 0 Å². The van der Waals surface area contributed by atoms with E-state index in [9.17, 15) is 9.90 Å². The van der Waals surface area contributed by atoms with Crippen molar-refractivity contribution in [1.29, 1.82) is 0 Å². The number of hydrogen-bond donors (Lipinski definition) is 1. The van der Waals surface area contributed by atoms with E-state index in [1.165, 1.54) is 7.11 Å². The van der Waals surface area contributed by atoms with Crippen LogP contribution in [0.25, 0.3) is 10.6 Å². The van der Waals surface area contributed by atoms with Crippen molar-refractivity contribution < 1.29 is 19.4 Å². The van der Waals surface area contributed by atoms with Gasteiger partial charge in [-0.05, 0) is 23.0 Å². The summed E-state index contributed by atoms with van der Waals surface area (Å²) in [4.78, 5) is 11.2. The van der Waals surface area contributed by atoms with E-state index in [0.29, 0.717) is 10.8 Å². The van der Waals surface area contributed by atoms with Crippen LogP contribution in [0.3, 0.4) is 0 Å². The van der Waals surface area contributed by atoms with Gasteiger partial charge in [-0.3, -0.25) is 0 Å². The van der Waals surface area contributed by atoms with E-state index < -0.39 is 6.16 Å². The zero-order valence-corrected chi connectivity index (χ0v) is 16.4. The average Bonchev–Trinajstić information content (AvgIpc) is 2.93. The average molecular weight is 364 g/mol. The van der Waals surface area contributed by atoms with Crippen LogP contribution in [0.15, 0.2) is 12.1 Å². The van der Waals surface area contributed by atoms with Gasteiger partial charge in [0, 0.05) is 16.7 Å². The van der Waals surface area contributed by atoms with Crippen molar-refractivity contribution in [3.63, 3.8) is 0 Å². The summed E-state index contributed by atoms with van der Waals surface area (Å²) >= 11 is 1.15. The number of methoxy groups -OCH3 is 1. The summed E-state index contributed by atoms with van der Waals surface area (Å²) in [7, 11) is 1.23. The lowest BCUT2D eigenvalue weighted by Gasteiger charge is -2.27. The summed E-state index contributed by atoms with van der Waals surface area (Å²) in [6.45, 7) is 12.3. The minimum atomic E-state index is -0.834. The van der Waals surface area contributed by atoms with Crippen molar-refractivity contribution in [3.05, 3.63) is 23.3 Å². The van der Waals surface area contributed by atoms with E-state index in [1.807, 2.05) is 53.7 Å². The first-order valence-electron chi connectivity index (χ1n) is 7.91. The highest BCUT2D eigenvalue weighted by molar-refractivity contribution is 7.16. The SMILES string of the molecule is COC(=O)Oc1nnc(-c2cc(C(C)(C)C)c(O)c(C(C)(C)C)c2)s1. The molecule has 0 atom stereocenters. The number of phenols is 1. The molecule has 0 spiro atoms. The van der Waals surface area contributed by atoms with Gasteiger partial charge >= 0.3 is 11.3 Å². The molecule has 0 unspecified atom stereocenters. The molecule has 0 aliphatic rings. The number of rotatable bonds is 2. The van der Waals surface area contributed by atoms with E-state index in [4.69, 9.17) is 4.74 Å². The predicted octanol–water partition coefficient (Wildman–Crippen LogP) is 4.65. The maximum Gasteiger partial charge on any atom is 0.515 e. The van der Waals surface area contributed by atoms with Crippen molar-refractivity contribution in [2.75, 3.05) is 7.11 Å². The largest absolute Gasteiger partial charge is 0.515 e. The Labute approximate surface area is 151 Å². The third kappa shape index (κ3) is 4.28. The van der Waals surface area contributed by atoms with E-state index in [2.05, 4.69) is 14.9 Å². The lowest BCUT2D eigenvalue weighted by Crippen LogP contribution is -2.17. The first kappa shape index (κ1) is 19.2. The highest BCUT2D eigenvalue weighted by atomic mass is 32.1. The summed E-state index contributed by atoms with van der Waals surface area (Å²) in [6.07, 6.45) is -0.834. The van der Waals surface area contributed by atoms with Crippen LogP contribution >= 0.6 is 11.3 Å². The minimum Gasteiger partial charge on any atom is -0.507 e. The molecule has 1 heterocycles. The maximum absolute atomic E-state index is 11.2. The molecule has 0 aliphatic carbocycles.